The first-order valence-corrected chi connectivity index (χ1v) is 6.45. The summed E-state index contributed by atoms with van der Waals surface area (Å²) in [6, 6.07) is 10.2. The van der Waals surface area contributed by atoms with Crippen molar-refractivity contribution in [1.29, 1.82) is 0 Å². The van der Waals surface area contributed by atoms with Gasteiger partial charge >= 0.3 is 7.12 Å². The van der Waals surface area contributed by atoms with E-state index < -0.39 is 0 Å². The van der Waals surface area contributed by atoms with Crippen molar-refractivity contribution in [2.24, 2.45) is 0 Å². The Bertz CT molecular complexity index is 407. The molecule has 0 amide bonds. The maximum absolute atomic E-state index is 5.92. The fourth-order valence-electron chi connectivity index (χ4n) is 2.59. The maximum Gasteiger partial charge on any atom is 0.486 e. The number of rotatable bonds is 2. The Kier molecular flexibility index (Phi) is 3.65. The van der Waals surface area contributed by atoms with Crippen molar-refractivity contribution in [3.8, 4) is 0 Å². The van der Waals surface area contributed by atoms with Crippen LogP contribution in [0.25, 0.3) is 6.08 Å². The second kappa shape index (κ2) is 4.91. The first kappa shape index (κ1) is 13.4. The average Bonchev–Trinajstić information content (AvgIpc) is 2.24. The zero-order valence-corrected chi connectivity index (χ0v) is 11.6. The third-order valence-electron chi connectivity index (χ3n) is 2.97. The van der Waals surface area contributed by atoms with Gasteiger partial charge in [-0.25, -0.2) is 0 Å². The molecule has 1 aliphatic rings. The summed E-state index contributed by atoms with van der Waals surface area (Å²) in [4.78, 5) is 0. The number of hydrogen-bond donors (Lipinski definition) is 0. The predicted octanol–water partition coefficient (Wildman–Crippen LogP) is 3.72. The van der Waals surface area contributed by atoms with Crippen LogP contribution in [0.4, 0.5) is 0 Å². The van der Waals surface area contributed by atoms with Gasteiger partial charge in [0.05, 0.1) is 11.2 Å². The van der Waals surface area contributed by atoms with E-state index >= 15 is 0 Å². The van der Waals surface area contributed by atoms with Crippen LogP contribution in [0.1, 0.15) is 39.7 Å². The first-order valence-electron chi connectivity index (χ1n) is 6.45. The number of benzene rings is 1. The van der Waals surface area contributed by atoms with Gasteiger partial charge in [0.25, 0.3) is 0 Å². The molecule has 0 N–H and O–H groups in total. The van der Waals surface area contributed by atoms with E-state index in [-0.39, 0.29) is 18.3 Å². The Balaban J connectivity index is 2.07. The Morgan fingerprint density at radius 1 is 1.00 bits per heavy atom. The van der Waals surface area contributed by atoms with Crippen LogP contribution < -0.4 is 0 Å². The highest BCUT2D eigenvalue weighted by atomic mass is 16.6. The van der Waals surface area contributed by atoms with Gasteiger partial charge in [-0.1, -0.05) is 42.4 Å². The molecule has 1 saturated heterocycles. The highest BCUT2D eigenvalue weighted by molar-refractivity contribution is 6.52. The first-order chi connectivity index (χ1) is 8.36. The van der Waals surface area contributed by atoms with Gasteiger partial charge in [-0.15, -0.1) is 0 Å². The lowest BCUT2D eigenvalue weighted by molar-refractivity contribution is -0.0721. The molecule has 2 nitrogen and oxygen atoms in total. The van der Waals surface area contributed by atoms with Gasteiger partial charge in [0.1, 0.15) is 0 Å². The van der Waals surface area contributed by atoms with Crippen molar-refractivity contribution in [1.82, 2.24) is 0 Å². The van der Waals surface area contributed by atoms with Gasteiger partial charge in [-0.2, -0.15) is 0 Å². The third-order valence-corrected chi connectivity index (χ3v) is 2.97. The smallest absolute Gasteiger partial charge is 0.403 e. The molecule has 3 heteroatoms. The molecular weight excluding hydrogens is 223 g/mol. The summed E-state index contributed by atoms with van der Waals surface area (Å²) < 4.78 is 11.8. The predicted molar refractivity (Wildman–Crippen MR) is 76.2 cm³/mol. The van der Waals surface area contributed by atoms with Crippen molar-refractivity contribution < 1.29 is 9.31 Å². The van der Waals surface area contributed by atoms with Gasteiger partial charge in [0.2, 0.25) is 0 Å². The normalized spacial score (nSPS) is 22.3. The second-order valence-electron chi connectivity index (χ2n) is 6.07. The summed E-state index contributed by atoms with van der Waals surface area (Å²) in [6.45, 7) is 8.45. The van der Waals surface area contributed by atoms with Crippen LogP contribution in [0.2, 0.25) is 0 Å². The molecule has 0 saturated carbocycles. The largest absolute Gasteiger partial charge is 0.486 e. The molecule has 0 atom stereocenters. The minimum Gasteiger partial charge on any atom is -0.403 e. The van der Waals surface area contributed by atoms with Gasteiger partial charge in [0.15, 0.2) is 0 Å². The Morgan fingerprint density at radius 2 is 1.56 bits per heavy atom. The van der Waals surface area contributed by atoms with E-state index in [4.69, 9.17) is 9.31 Å². The molecule has 0 unspecified atom stereocenters. The standard InChI is InChI=1S/C15H21BO2/c1-14(2)12-15(3,4)18-16(17-14)11-10-13-8-6-5-7-9-13/h5-11H,12H2,1-4H3/b11-10+. The summed E-state index contributed by atoms with van der Waals surface area (Å²) in [7, 11) is -0.274. The monoisotopic (exact) mass is 244 g/mol. The average molecular weight is 244 g/mol. The Labute approximate surface area is 110 Å². The molecular formula is C15H21BO2. The molecule has 1 fully saturated rings. The molecule has 1 aromatic rings. The van der Waals surface area contributed by atoms with Crippen LogP contribution in [0.15, 0.2) is 36.3 Å². The quantitative estimate of drug-likeness (QED) is 0.738. The van der Waals surface area contributed by atoms with E-state index in [2.05, 4.69) is 39.8 Å². The summed E-state index contributed by atoms with van der Waals surface area (Å²) in [5.74, 6) is 1.98. The Morgan fingerprint density at radius 3 is 2.11 bits per heavy atom. The van der Waals surface area contributed by atoms with Gasteiger partial charge in [-0.3, -0.25) is 0 Å². The highest BCUT2D eigenvalue weighted by Gasteiger charge is 2.41. The highest BCUT2D eigenvalue weighted by Crippen LogP contribution is 2.33. The SMILES string of the molecule is CC1(C)CC(C)(C)OB(/C=C/c2ccccc2)O1. The van der Waals surface area contributed by atoms with Gasteiger partial charge in [0, 0.05) is 6.42 Å². The Hall–Kier alpha value is -1.06. The molecule has 1 aromatic carbocycles. The lowest BCUT2D eigenvalue weighted by Gasteiger charge is -2.43. The van der Waals surface area contributed by atoms with E-state index in [1.54, 1.807) is 0 Å². The lowest BCUT2D eigenvalue weighted by Crippen LogP contribution is -2.50. The molecule has 1 aliphatic heterocycles. The van der Waals surface area contributed by atoms with Crippen molar-refractivity contribution in [2.75, 3.05) is 0 Å². The fourth-order valence-corrected chi connectivity index (χ4v) is 2.59. The van der Waals surface area contributed by atoms with Gasteiger partial charge < -0.3 is 9.31 Å². The van der Waals surface area contributed by atoms with Crippen LogP contribution in [-0.2, 0) is 9.31 Å². The molecule has 0 aliphatic carbocycles. The molecule has 2 rings (SSSR count). The van der Waals surface area contributed by atoms with E-state index in [0.717, 1.165) is 12.0 Å². The van der Waals surface area contributed by atoms with Gasteiger partial charge in [-0.05, 0) is 33.3 Å². The maximum atomic E-state index is 5.92. The van der Waals surface area contributed by atoms with E-state index in [9.17, 15) is 0 Å². The molecule has 18 heavy (non-hydrogen) atoms. The number of hydrogen-bond acceptors (Lipinski definition) is 2. The van der Waals surface area contributed by atoms with Crippen molar-refractivity contribution in [3.63, 3.8) is 0 Å². The topological polar surface area (TPSA) is 18.5 Å². The van der Waals surface area contributed by atoms with Crippen molar-refractivity contribution >= 4 is 13.2 Å². The van der Waals surface area contributed by atoms with Crippen LogP contribution in [0.3, 0.4) is 0 Å². The summed E-state index contributed by atoms with van der Waals surface area (Å²) in [5, 5.41) is 0. The van der Waals surface area contributed by atoms with E-state index in [1.807, 2.05) is 30.3 Å². The molecule has 0 radical (unpaired) electrons. The molecule has 0 bridgehead atoms. The molecule has 0 aromatic heterocycles. The molecule has 0 spiro atoms. The van der Waals surface area contributed by atoms with Crippen LogP contribution in [-0.4, -0.2) is 18.3 Å². The van der Waals surface area contributed by atoms with Crippen molar-refractivity contribution in [3.05, 3.63) is 41.9 Å². The van der Waals surface area contributed by atoms with Crippen LogP contribution >= 0.6 is 0 Å². The fraction of sp³-hybridized carbons (Fsp3) is 0.467. The third kappa shape index (κ3) is 3.72. The van der Waals surface area contributed by atoms with Crippen LogP contribution in [0.5, 0.6) is 0 Å². The minimum absolute atomic E-state index is 0.145. The summed E-state index contributed by atoms with van der Waals surface area (Å²) >= 11 is 0. The summed E-state index contributed by atoms with van der Waals surface area (Å²) in [6.07, 6.45) is 2.94. The molecule has 96 valence electrons. The second-order valence-corrected chi connectivity index (χ2v) is 6.07. The van der Waals surface area contributed by atoms with E-state index in [0.29, 0.717) is 0 Å². The lowest BCUT2D eigenvalue weighted by atomic mass is 9.78. The summed E-state index contributed by atoms with van der Waals surface area (Å²) in [5.41, 5.74) is 0.867. The van der Waals surface area contributed by atoms with E-state index in [1.165, 1.54) is 0 Å². The van der Waals surface area contributed by atoms with Crippen molar-refractivity contribution in [2.45, 2.75) is 45.3 Å². The van der Waals surface area contributed by atoms with Crippen LogP contribution in [0, 0.1) is 0 Å². The molecule has 1 heterocycles. The zero-order valence-electron chi connectivity index (χ0n) is 11.6. The minimum atomic E-state index is -0.274. The zero-order chi connectivity index (χ0) is 13.2.